The molecular formula is C42H48N6O6S2. The van der Waals surface area contributed by atoms with Gasteiger partial charge in [-0.2, -0.15) is 0 Å². The molecule has 1 aromatic carbocycles. The molecule has 6 heterocycles. The standard InChI is InChI=1S/C42H48N6O6S2/c1-23(2)37(45-41(51)53-5)39(49)47-15-7-9-31(47)29-17-27(21-43-29)25-11-13-26(14-12-25)33-19-35-36(55-33)20-34(56-35)28-18-30(44-22-28)32-10-8-16-48(32)40(50)38(24(3)4)46-42(52)54-6/h8,10-14,19-24,31-32,37-38H,7,9,15-18H2,1-6H3,(H,45,51)(H,46,52)/t31-,32-,37-,38-/m0/s1. The van der Waals surface area contributed by atoms with Gasteiger partial charge in [-0.25, -0.2) is 9.59 Å². The summed E-state index contributed by atoms with van der Waals surface area (Å²) < 4.78 is 12.0. The zero-order valence-electron chi connectivity index (χ0n) is 32.5. The van der Waals surface area contributed by atoms with E-state index >= 15 is 0 Å². The number of rotatable bonds is 11. The van der Waals surface area contributed by atoms with Gasteiger partial charge < -0.3 is 29.9 Å². The summed E-state index contributed by atoms with van der Waals surface area (Å²) in [6, 6.07) is 11.4. The van der Waals surface area contributed by atoms with Gasteiger partial charge in [0.2, 0.25) is 11.8 Å². The van der Waals surface area contributed by atoms with Crippen molar-refractivity contribution in [3.8, 4) is 10.4 Å². The first-order chi connectivity index (χ1) is 26.9. The van der Waals surface area contributed by atoms with Crippen LogP contribution in [0.1, 0.15) is 63.8 Å². The van der Waals surface area contributed by atoms with Gasteiger partial charge in [0.25, 0.3) is 0 Å². The van der Waals surface area contributed by atoms with Crippen molar-refractivity contribution in [3.63, 3.8) is 0 Å². The van der Waals surface area contributed by atoms with Crippen LogP contribution in [0.3, 0.4) is 0 Å². The van der Waals surface area contributed by atoms with Crippen molar-refractivity contribution in [2.24, 2.45) is 21.8 Å². The molecule has 294 valence electrons. The van der Waals surface area contributed by atoms with Gasteiger partial charge in [-0.3, -0.25) is 19.6 Å². The number of allylic oxidation sites excluding steroid dienone is 2. The SMILES string of the molecule is COC(=O)N[C@H](C(=O)N1CC=C[C@H]1C1=NC=C(c2cc3sc(-c4ccc(C5=CN=C([C@@H]6CCCN6C(=O)[C@@H](NC(=O)OC)C(C)C)C5)cc4)cc3s2)C1)C(C)C. The Balaban J connectivity index is 0.958. The highest BCUT2D eigenvalue weighted by Crippen LogP contribution is 2.42. The largest absolute Gasteiger partial charge is 0.453 e. The maximum Gasteiger partial charge on any atom is 0.407 e. The molecule has 14 heteroatoms. The topological polar surface area (TPSA) is 142 Å². The third-order valence-corrected chi connectivity index (χ3v) is 13.3. The highest BCUT2D eigenvalue weighted by Gasteiger charge is 2.39. The summed E-state index contributed by atoms with van der Waals surface area (Å²) in [5.74, 6) is -0.428. The second-order valence-corrected chi connectivity index (χ2v) is 17.4. The van der Waals surface area contributed by atoms with Gasteiger partial charge >= 0.3 is 12.2 Å². The first kappa shape index (κ1) is 39.2. The first-order valence-corrected chi connectivity index (χ1v) is 20.7. The van der Waals surface area contributed by atoms with Crippen LogP contribution in [0.25, 0.3) is 31.0 Å². The Hall–Kier alpha value is -5.08. The lowest BCUT2D eigenvalue weighted by Crippen LogP contribution is -2.53. The number of carbonyl (C=O) groups is 4. The van der Waals surface area contributed by atoms with E-state index in [9.17, 15) is 19.2 Å². The molecule has 7 rings (SSSR count). The Morgan fingerprint density at radius 1 is 0.750 bits per heavy atom. The molecule has 4 aliphatic heterocycles. The number of fused-ring (bicyclic) bond motifs is 1. The monoisotopic (exact) mass is 796 g/mol. The van der Waals surface area contributed by atoms with Crippen LogP contribution in [0.4, 0.5) is 9.59 Å². The second kappa shape index (κ2) is 16.6. The Morgan fingerprint density at radius 3 is 1.95 bits per heavy atom. The van der Waals surface area contributed by atoms with Crippen LogP contribution >= 0.6 is 22.7 Å². The molecule has 2 aromatic heterocycles. The first-order valence-electron chi connectivity index (χ1n) is 19.1. The molecule has 0 aliphatic carbocycles. The highest BCUT2D eigenvalue weighted by atomic mass is 32.1. The van der Waals surface area contributed by atoms with E-state index in [2.05, 4.69) is 47.0 Å². The average molecular weight is 797 g/mol. The number of nitrogens with one attached hydrogen (secondary N) is 2. The average Bonchev–Trinajstić information content (AvgIpc) is 4.04. The molecule has 1 fully saturated rings. The van der Waals surface area contributed by atoms with E-state index < -0.39 is 24.3 Å². The molecule has 2 N–H and O–H groups in total. The van der Waals surface area contributed by atoms with Crippen LogP contribution in [-0.4, -0.2) is 96.7 Å². The smallest absolute Gasteiger partial charge is 0.407 e. The van der Waals surface area contributed by atoms with Crippen molar-refractivity contribution >= 4 is 78.6 Å². The summed E-state index contributed by atoms with van der Waals surface area (Å²) in [4.78, 5) is 66.6. The molecule has 0 saturated carbocycles. The molecule has 12 nitrogen and oxygen atoms in total. The Labute approximate surface area is 335 Å². The van der Waals surface area contributed by atoms with Gasteiger partial charge in [-0.15, -0.1) is 22.7 Å². The molecular weight excluding hydrogens is 749 g/mol. The zero-order valence-corrected chi connectivity index (χ0v) is 34.2. The number of alkyl carbamates (subject to hydrolysis) is 2. The normalized spacial score (nSPS) is 20.3. The van der Waals surface area contributed by atoms with Crippen LogP contribution in [0.5, 0.6) is 0 Å². The second-order valence-electron chi connectivity index (χ2n) is 15.2. The number of nitrogens with zero attached hydrogens (tertiary/aromatic N) is 4. The summed E-state index contributed by atoms with van der Waals surface area (Å²) in [5, 5.41) is 5.42. The molecule has 4 aliphatic rings. The van der Waals surface area contributed by atoms with Crippen molar-refractivity contribution in [2.45, 2.75) is 77.5 Å². The molecule has 56 heavy (non-hydrogen) atoms. The summed E-state index contributed by atoms with van der Waals surface area (Å²) >= 11 is 3.52. The van der Waals surface area contributed by atoms with E-state index in [-0.39, 0.29) is 35.7 Å². The van der Waals surface area contributed by atoms with Gasteiger partial charge in [-0.1, -0.05) is 64.1 Å². The number of hydrogen-bond acceptors (Lipinski definition) is 10. The van der Waals surface area contributed by atoms with E-state index in [0.29, 0.717) is 25.9 Å². The van der Waals surface area contributed by atoms with Crippen molar-refractivity contribution < 1.29 is 28.7 Å². The predicted octanol–water partition coefficient (Wildman–Crippen LogP) is 7.52. The van der Waals surface area contributed by atoms with Gasteiger partial charge in [0.1, 0.15) is 12.1 Å². The molecule has 0 bridgehead atoms. The Morgan fingerprint density at radius 2 is 1.30 bits per heavy atom. The molecule has 3 aromatic rings. The Kier molecular flexibility index (Phi) is 11.6. The number of thiophene rings is 2. The van der Waals surface area contributed by atoms with Crippen LogP contribution in [0.2, 0.25) is 0 Å². The third kappa shape index (κ3) is 7.94. The van der Waals surface area contributed by atoms with Crippen LogP contribution in [0.15, 0.2) is 70.9 Å². The Bertz CT molecular complexity index is 2150. The number of hydrogen-bond donors (Lipinski definition) is 2. The van der Waals surface area contributed by atoms with Gasteiger partial charge in [0, 0.05) is 68.9 Å². The van der Waals surface area contributed by atoms with E-state index in [4.69, 9.17) is 19.5 Å². The summed E-state index contributed by atoms with van der Waals surface area (Å²) in [7, 11) is 2.60. The number of carbonyl (C=O) groups excluding carboxylic acids is 4. The lowest BCUT2D eigenvalue weighted by atomic mass is 9.97. The number of aliphatic imine (C=N–C) groups is 2. The molecule has 0 radical (unpaired) electrons. The fourth-order valence-corrected chi connectivity index (χ4v) is 10.2. The van der Waals surface area contributed by atoms with E-state index in [1.807, 2.05) is 57.1 Å². The molecule has 0 spiro atoms. The summed E-state index contributed by atoms with van der Waals surface area (Å²) in [5.41, 5.74) is 6.42. The predicted molar refractivity (Wildman–Crippen MR) is 223 cm³/mol. The quantitative estimate of drug-likeness (QED) is 0.192. The summed E-state index contributed by atoms with van der Waals surface area (Å²) in [6.45, 7) is 8.75. The van der Waals surface area contributed by atoms with Crippen molar-refractivity contribution in [1.29, 1.82) is 0 Å². The van der Waals surface area contributed by atoms with Crippen molar-refractivity contribution in [1.82, 2.24) is 20.4 Å². The fourth-order valence-electron chi connectivity index (χ4n) is 7.76. The molecule has 1 saturated heterocycles. The zero-order chi connectivity index (χ0) is 39.7. The number of ether oxygens (including phenoxy) is 2. The van der Waals surface area contributed by atoms with E-state index in [0.717, 1.165) is 46.5 Å². The van der Waals surface area contributed by atoms with Crippen molar-refractivity contribution in [2.75, 3.05) is 27.3 Å². The van der Waals surface area contributed by atoms with E-state index in [1.54, 1.807) is 27.6 Å². The number of likely N-dealkylation sites (tertiary alicyclic amines) is 1. The minimum atomic E-state index is -0.690. The minimum absolute atomic E-state index is 0.0799. The van der Waals surface area contributed by atoms with Crippen LogP contribution < -0.4 is 10.6 Å². The maximum absolute atomic E-state index is 13.6. The minimum Gasteiger partial charge on any atom is -0.453 e. The number of benzene rings is 1. The van der Waals surface area contributed by atoms with Crippen molar-refractivity contribution in [3.05, 3.63) is 71.4 Å². The van der Waals surface area contributed by atoms with Crippen LogP contribution in [0, 0.1) is 11.8 Å². The lowest BCUT2D eigenvalue weighted by Gasteiger charge is -2.31. The summed E-state index contributed by atoms with van der Waals surface area (Å²) in [6.07, 6.45) is 9.70. The fraction of sp³-hybridized carbons (Fsp3) is 0.429. The molecule has 0 unspecified atom stereocenters. The number of methoxy groups -OCH3 is 2. The maximum atomic E-state index is 13.6. The molecule has 4 atom stereocenters. The molecule has 4 amide bonds. The highest BCUT2D eigenvalue weighted by molar-refractivity contribution is 7.30. The van der Waals surface area contributed by atoms with Crippen LogP contribution in [-0.2, 0) is 19.1 Å². The lowest BCUT2D eigenvalue weighted by molar-refractivity contribution is -0.134. The van der Waals surface area contributed by atoms with Gasteiger partial charge in [0.15, 0.2) is 0 Å². The van der Waals surface area contributed by atoms with Gasteiger partial charge in [0.05, 0.1) is 26.3 Å². The number of amides is 4. The van der Waals surface area contributed by atoms with E-state index in [1.165, 1.54) is 33.4 Å². The third-order valence-electron chi connectivity index (χ3n) is 10.9. The van der Waals surface area contributed by atoms with Gasteiger partial charge in [-0.05, 0) is 59.1 Å².